The number of hydrogen-bond donors (Lipinski definition) is 1. The maximum Gasteiger partial charge on any atom is 0.373 e. The summed E-state index contributed by atoms with van der Waals surface area (Å²) in [7, 11) is 1.75. The molecule has 0 fully saturated rings. The molecule has 0 aliphatic carbocycles. The SMILES string of the molecule is CCCc1nc(-c2ccnn2C)oc1C(=O)O. The normalized spacial score (nSPS) is 10.7. The summed E-state index contributed by atoms with van der Waals surface area (Å²) in [5, 5.41) is 13.0. The Bertz CT molecular complexity index is 542. The van der Waals surface area contributed by atoms with Gasteiger partial charge in [-0.1, -0.05) is 13.3 Å². The van der Waals surface area contributed by atoms with Crippen LogP contribution >= 0.6 is 0 Å². The van der Waals surface area contributed by atoms with Gasteiger partial charge in [0.2, 0.25) is 11.7 Å². The Kier molecular flexibility index (Phi) is 2.95. The van der Waals surface area contributed by atoms with Crippen molar-refractivity contribution in [3.63, 3.8) is 0 Å². The van der Waals surface area contributed by atoms with Gasteiger partial charge in [-0.3, -0.25) is 4.68 Å². The molecule has 17 heavy (non-hydrogen) atoms. The van der Waals surface area contributed by atoms with Crippen LogP contribution in [0.1, 0.15) is 29.6 Å². The number of oxazole rings is 1. The van der Waals surface area contributed by atoms with Crippen molar-refractivity contribution in [2.45, 2.75) is 19.8 Å². The zero-order valence-electron chi connectivity index (χ0n) is 9.67. The van der Waals surface area contributed by atoms with Gasteiger partial charge in [0.05, 0.1) is 5.69 Å². The molecule has 2 rings (SSSR count). The standard InChI is InChI=1S/C11H13N3O3/c1-3-4-7-9(11(15)16)17-10(13-7)8-5-6-12-14(8)2/h5-6H,3-4H2,1-2H3,(H,15,16). The van der Waals surface area contributed by atoms with Crippen molar-refractivity contribution >= 4 is 5.97 Å². The summed E-state index contributed by atoms with van der Waals surface area (Å²) < 4.78 is 6.87. The number of carbonyl (C=O) groups is 1. The summed E-state index contributed by atoms with van der Waals surface area (Å²) in [6.07, 6.45) is 3.01. The largest absolute Gasteiger partial charge is 0.475 e. The second kappa shape index (κ2) is 4.40. The number of nitrogens with zero attached hydrogens (tertiary/aromatic N) is 3. The van der Waals surface area contributed by atoms with Gasteiger partial charge in [-0.2, -0.15) is 5.10 Å². The maximum absolute atomic E-state index is 11.0. The highest BCUT2D eigenvalue weighted by Crippen LogP contribution is 2.22. The lowest BCUT2D eigenvalue weighted by Crippen LogP contribution is -1.99. The molecule has 0 bridgehead atoms. The van der Waals surface area contributed by atoms with Crippen molar-refractivity contribution in [3.05, 3.63) is 23.7 Å². The zero-order chi connectivity index (χ0) is 12.4. The van der Waals surface area contributed by atoms with Crippen LogP contribution in [0.2, 0.25) is 0 Å². The highest BCUT2D eigenvalue weighted by atomic mass is 16.4. The minimum absolute atomic E-state index is 0.0805. The predicted octanol–water partition coefficient (Wildman–Crippen LogP) is 1.73. The van der Waals surface area contributed by atoms with Crippen LogP contribution in [-0.2, 0) is 13.5 Å². The fourth-order valence-corrected chi connectivity index (χ4v) is 1.62. The minimum atomic E-state index is -1.09. The van der Waals surface area contributed by atoms with E-state index in [4.69, 9.17) is 9.52 Å². The fraction of sp³-hybridized carbons (Fsp3) is 0.364. The second-order valence-corrected chi connectivity index (χ2v) is 3.69. The molecule has 0 saturated heterocycles. The maximum atomic E-state index is 11.0. The van der Waals surface area contributed by atoms with Gasteiger partial charge >= 0.3 is 5.97 Å². The van der Waals surface area contributed by atoms with Gasteiger partial charge < -0.3 is 9.52 Å². The molecular weight excluding hydrogens is 222 g/mol. The van der Waals surface area contributed by atoms with Crippen molar-refractivity contribution in [2.24, 2.45) is 7.05 Å². The molecule has 2 aromatic rings. The summed E-state index contributed by atoms with van der Waals surface area (Å²) in [6.45, 7) is 1.96. The lowest BCUT2D eigenvalue weighted by Gasteiger charge is -1.94. The van der Waals surface area contributed by atoms with Gasteiger partial charge in [0.25, 0.3) is 0 Å². The number of aromatic carboxylic acids is 1. The highest BCUT2D eigenvalue weighted by molar-refractivity contribution is 5.86. The molecule has 90 valence electrons. The molecule has 0 saturated carbocycles. The van der Waals surface area contributed by atoms with E-state index < -0.39 is 5.97 Å². The lowest BCUT2D eigenvalue weighted by molar-refractivity contribution is 0.0661. The van der Waals surface area contributed by atoms with Crippen LogP contribution in [0.5, 0.6) is 0 Å². The Morgan fingerprint density at radius 1 is 1.59 bits per heavy atom. The van der Waals surface area contributed by atoms with Gasteiger partial charge in [-0.25, -0.2) is 9.78 Å². The zero-order valence-corrected chi connectivity index (χ0v) is 9.67. The molecular formula is C11H13N3O3. The average Bonchev–Trinajstić information content (AvgIpc) is 2.84. The summed E-state index contributed by atoms with van der Waals surface area (Å²) >= 11 is 0. The third-order valence-corrected chi connectivity index (χ3v) is 2.42. The monoisotopic (exact) mass is 235 g/mol. The van der Waals surface area contributed by atoms with Crippen LogP contribution in [0.15, 0.2) is 16.7 Å². The number of hydrogen-bond acceptors (Lipinski definition) is 4. The molecule has 0 amide bonds. The van der Waals surface area contributed by atoms with Crippen molar-refractivity contribution in [3.8, 4) is 11.6 Å². The molecule has 0 aliphatic heterocycles. The number of aryl methyl sites for hydroxylation is 2. The quantitative estimate of drug-likeness (QED) is 0.872. The Labute approximate surface area is 97.9 Å². The van der Waals surface area contributed by atoms with E-state index in [2.05, 4.69) is 10.1 Å². The van der Waals surface area contributed by atoms with Gasteiger partial charge in [-0.15, -0.1) is 0 Å². The predicted molar refractivity (Wildman–Crippen MR) is 59.7 cm³/mol. The summed E-state index contributed by atoms with van der Waals surface area (Å²) in [4.78, 5) is 15.2. The molecule has 0 unspecified atom stereocenters. The van der Waals surface area contributed by atoms with Crippen molar-refractivity contribution < 1.29 is 14.3 Å². The van der Waals surface area contributed by atoms with E-state index in [1.165, 1.54) is 0 Å². The van der Waals surface area contributed by atoms with Gasteiger partial charge in [0.15, 0.2) is 0 Å². The number of carboxylic acids is 1. The topological polar surface area (TPSA) is 81.2 Å². The van der Waals surface area contributed by atoms with E-state index in [0.717, 1.165) is 6.42 Å². The van der Waals surface area contributed by atoms with E-state index in [1.54, 1.807) is 24.0 Å². The van der Waals surface area contributed by atoms with Crippen LogP contribution in [0, 0.1) is 0 Å². The Morgan fingerprint density at radius 2 is 2.35 bits per heavy atom. The third kappa shape index (κ3) is 2.06. The molecule has 0 radical (unpaired) electrons. The fourth-order valence-electron chi connectivity index (χ4n) is 1.62. The van der Waals surface area contributed by atoms with E-state index in [9.17, 15) is 4.79 Å². The first-order chi connectivity index (χ1) is 8.13. The lowest BCUT2D eigenvalue weighted by atomic mass is 10.2. The molecule has 1 N–H and O–H groups in total. The van der Waals surface area contributed by atoms with Crippen LogP contribution in [0.3, 0.4) is 0 Å². The van der Waals surface area contributed by atoms with E-state index in [1.807, 2.05) is 6.92 Å². The average molecular weight is 235 g/mol. The van der Waals surface area contributed by atoms with Gasteiger partial charge in [0, 0.05) is 13.2 Å². The van der Waals surface area contributed by atoms with E-state index in [0.29, 0.717) is 23.7 Å². The smallest absolute Gasteiger partial charge is 0.373 e. The van der Waals surface area contributed by atoms with Crippen LogP contribution in [0.25, 0.3) is 11.6 Å². The summed E-state index contributed by atoms with van der Waals surface area (Å²) in [6, 6.07) is 1.73. The molecule has 0 aliphatic rings. The molecule has 0 spiro atoms. The number of aromatic nitrogens is 3. The van der Waals surface area contributed by atoms with E-state index in [-0.39, 0.29) is 5.76 Å². The van der Waals surface area contributed by atoms with E-state index >= 15 is 0 Å². The molecule has 2 heterocycles. The number of rotatable bonds is 4. The van der Waals surface area contributed by atoms with Crippen molar-refractivity contribution in [1.29, 1.82) is 0 Å². The minimum Gasteiger partial charge on any atom is -0.475 e. The Morgan fingerprint density at radius 3 is 2.88 bits per heavy atom. The van der Waals surface area contributed by atoms with Gasteiger partial charge in [-0.05, 0) is 12.5 Å². The molecule has 2 aromatic heterocycles. The Balaban J connectivity index is 2.47. The molecule has 6 nitrogen and oxygen atoms in total. The van der Waals surface area contributed by atoms with Crippen molar-refractivity contribution in [2.75, 3.05) is 0 Å². The van der Waals surface area contributed by atoms with Crippen LogP contribution < -0.4 is 0 Å². The Hall–Kier alpha value is -2.11. The highest BCUT2D eigenvalue weighted by Gasteiger charge is 2.20. The molecule has 0 aromatic carbocycles. The first-order valence-electron chi connectivity index (χ1n) is 5.34. The van der Waals surface area contributed by atoms with Crippen LogP contribution in [-0.4, -0.2) is 25.8 Å². The summed E-state index contributed by atoms with van der Waals surface area (Å²) in [5.41, 5.74) is 1.14. The van der Waals surface area contributed by atoms with Crippen molar-refractivity contribution in [1.82, 2.24) is 14.8 Å². The second-order valence-electron chi connectivity index (χ2n) is 3.69. The first-order valence-corrected chi connectivity index (χ1v) is 5.34. The molecule has 0 atom stereocenters. The van der Waals surface area contributed by atoms with Gasteiger partial charge in [0.1, 0.15) is 5.69 Å². The first kappa shape index (κ1) is 11.4. The summed E-state index contributed by atoms with van der Waals surface area (Å²) in [5.74, 6) is -0.872. The number of carboxylic acid groups (broad SMARTS) is 1. The molecule has 6 heteroatoms. The third-order valence-electron chi connectivity index (χ3n) is 2.42. The van der Waals surface area contributed by atoms with Crippen LogP contribution in [0.4, 0.5) is 0 Å².